The molecule has 0 aromatic heterocycles. The average molecular weight is 250 g/mol. The maximum Gasteiger partial charge on any atom is 0.310 e. The van der Waals surface area contributed by atoms with Gasteiger partial charge in [0.15, 0.2) is 5.75 Å². The van der Waals surface area contributed by atoms with E-state index >= 15 is 0 Å². The number of rotatable bonds is 4. The molecule has 1 saturated heterocycles. The number of hydrogen-bond acceptors (Lipinski definition) is 4. The van der Waals surface area contributed by atoms with E-state index in [1.807, 2.05) is 6.92 Å². The standard InChI is InChI=1S/C13H18N2O3/c1-10-4-5-12(15(16)17)13(7-10)18-9-11-3-2-6-14-8-11/h4-5,7,11,14H,2-3,6,8-9H2,1H3. The quantitative estimate of drug-likeness (QED) is 0.657. The topological polar surface area (TPSA) is 64.4 Å². The van der Waals surface area contributed by atoms with Crippen molar-refractivity contribution in [3.63, 3.8) is 0 Å². The molecule has 5 nitrogen and oxygen atoms in total. The Hall–Kier alpha value is -1.62. The molecule has 1 aliphatic heterocycles. The molecule has 1 unspecified atom stereocenters. The molecule has 98 valence electrons. The van der Waals surface area contributed by atoms with Crippen molar-refractivity contribution in [2.24, 2.45) is 5.92 Å². The minimum absolute atomic E-state index is 0.0457. The van der Waals surface area contributed by atoms with Crippen molar-refractivity contribution in [1.29, 1.82) is 0 Å². The van der Waals surface area contributed by atoms with E-state index in [0.717, 1.165) is 31.5 Å². The third kappa shape index (κ3) is 3.20. The first-order valence-electron chi connectivity index (χ1n) is 6.25. The monoisotopic (exact) mass is 250 g/mol. The highest BCUT2D eigenvalue weighted by Crippen LogP contribution is 2.28. The van der Waals surface area contributed by atoms with Crippen molar-refractivity contribution in [2.75, 3.05) is 19.7 Å². The van der Waals surface area contributed by atoms with Crippen LogP contribution in [0.4, 0.5) is 5.69 Å². The molecule has 0 amide bonds. The van der Waals surface area contributed by atoms with E-state index in [-0.39, 0.29) is 5.69 Å². The molecule has 1 heterocycles. The lowest BCUT2D eigenvalue weighted by atomic mass is 10.0. The molecular weight excluding hydrogens is 232 g/mol. The Balaban J connectivity index is 2.03. The molecule has 5 heteroatoms. The van der Waals surface area contributed by atoms with Gasteiger partial charge in [-0.25, -0.2) is 0 Å². The molecule has 1 aliphatic rings. The van der Waals surface area contributed by atoms with E-state index in [1.165, 1.54) is 6.07 Å². The van der Waals surface area contributed by atoms with Crippen LogP contribution in [0.2, 0.25) is 0 Å². The predicted octanol–water partition coefficient (Wildman–Crippen LogP) is 2.28. The maximum atomic E-state index is 10.9. The van der Waals surface area contributed by atoms with Gasteiger partial charge in [-0.15, -0.1) is 0 Å². The van der Waals surface area contributed by atoms with Crippen LogP contribution in [-0.2, 0) is 0 Å². The summed E-state index contributed by atoms with van der Waals surface area (Å²) in [6, 6.07) is 4.96. The van der Waals surface area contributed by atoms with Crippen molar-refractivity contribution in [2.45, 2.75) is 19.8 Å². The smallest absolute Gasteiger partial charge is 0.310 e. The third-order valence-electron chi connectivity index (χ3n) is 3.19. The highest BCUT2D eigenvalue weighted by atomic mass is 16.6. The van der Waals surface area contributed by atoms with Crippen LogP contribution in [0.15, 0.2) is 18.2 Å². The number of aryl methyl sites for hydroxylation is 1. The van der Waals surface area contributed by atoms with Crippen LogP contribution < -0.4 is 10.1 Å². The Morgan fingerprint density at radius 2 is 2.39 bits per heavy atom. The van der Waals surface area contributed by atoms with Gasteiger partial charge >= 0.3 is 5.69 Å². The number of nitro benzene ring substituents is 1. The number of nitrogens with zero attached hydrogens (tertiary/aromatic N) is 1. The molecule has 1 aromatic carbocycles. The summed E-state index contributed by atoms with van der Waals surface area (Å²) in [5, 5.41) is 14.2. The third-order valence-corrected chi connectivity index (χ3v) is 3.19. The SMILES string of the molecule is Cc1ccc([N+](=O)[O-])c(OCC2CCCNC2)c1. The molecular formula is C13H18N2O3. The van der Waals surface area contributed by atoms with Crippen molar-refractivity contribution >= 4 is 5.69 Å². The summed E-state index contributed by atoms with van der Waals surface area (Å²) in [5.41, 5.74) is 1.02. The second kappa shape index (κ2) is 5.82. The Morgan fingerprint density at radius 3 is 3.06 bits per heavy atom. The second-order valence-corrected chi connectivity index (χ2v) is 4.75. The van der Waals surface area contributed by atoms with E-state index in [1.54, 1.807) is 12.1 Å². The van der Waals surface area contributed by atoms with Crippen molar-refractivity contribution in [3.8, 4) is 5.75 Å². The van der Waals surface area contributed by atoms with Gasteiger partial charge in [-0.05, 0) is 37.9 Å². The van der Waals surface area contributed by atoms with Crippen LogP contribution in [0.1, 0.15) is 18.4 Å². The zero-order valence-corrected chi connectivity index (χ0v) is 10.5. The zero-order valence-electron chi connectivity index (χ0n) is 10.5. The molecule has 1 fully saturated rings. The molecule has 1 N–H and O–H groups in total. The molecule has 0 saturated carbocycles. The van der Waals surface area contributed by atoms with Gasteiger partial charge in [0.2, 0.25) is 0 Å². The first kappa shape index (κ1) is 12.8. The summed E-state index contributed by atoms with van der Waals surface area (Å²) in [6.45, 7) is 4.43. The molecule has 0 bridgehead atoms. The molecule has 18 heavy (non-hydrogen) atoms. The van der Waals surface area contributed by atoms with Crippen molar-refractivity contribution in [3.05, 3.63) is 33.9 Å². The Labute approximate surface area is 106 Å². The van der Waals surface area contributed by atoms with Crippen LogP contribution in [0, 0.1) is 23.0 Å². The maximum absolute atomic E-state index is 10.9. The lowest BCUT2D eigenvalue weighted by Gasteiger charge is -2.22. The summed E-state index contributed by atoms with van der Waals surface area (Å²) >= 11 is 0. The first-order chi connectivity index (χ1) is 8.66. The Morgan fingerprint density at radius 1 is 1.56 bits per heavy atom. The molecule has 0 radical (unpaired) electrons. The Kier molecular flexibility index (Phi) is 4.15. The van der Waals surface area contributed by atoms with Gasteiger partial charge in [0.25, 0.3) is 0 Å². The number of benzene rings is 1. The fourth-order valence-corrected chi connectivity index (χ4v) is 2.16. The molecule has 1 aromatic rings. The molecule has 0 aliphatic carbocycles. The lowest BCUT2D eigenvalue weighted by molar-refractivity contribution is -0.385. The van der Waals surface area contributed by atoms with Gasteiger partial charge in [0.1, 0.15) is 0 Å². The number of ether oxygens (including phenoxy) is 1. The summed E-state index contributed by atoms with van der Waals surface area (Å²) < 4.78 is 5.64. The summed E-state index contributed by atoms with van der Waals surface area (Å²) in [6.07, 6.45) is 2.26. The molecule has 1 atom stereocenters. The second-order valence-electron chi connectivity index (χ2n) is 4.75. The van der Waals surface area contributed by atoms with Gasteiger partial charge in [-0.3, -0.25) is 10.1 Å². The van der Waals surface area contributed by atoms with Crippen LogP contribution in [0.5, 0.6) is 5.75 Å². The predicted molar refractivity (Wildman–Crippen MR) is 68.9 cm³/mol. The lowest BCUT2D eigenvalue weighted by Crippen LogP contribution is -2.33. The number of piperidine rings is 1. The van der Waals surface area contributed by atoms with E-state index in [9.17, 15) is 10.1 Å². The number of nitro groups is 1. The minimum atomic E-state index is -0.395. The summed E-state index contributed by atoms with van der Waals surface area (Å²) in [7, 11) is 0. The fraction of sp³-hybridized carbons (Fsp3) is 0.538. The van der Waals surface area contributed by atoms with Crippen LogP contribution in [-0.4, -0.2) is 24.6 Å². The van der Waals surface area contributed by atoms with Gasteiger partial charge in [-0.2, -0.15) is 0 Å². The summed E-state index contributed by atoms with van der Waals surface area (Å²) in [4.78, 5) is 10.5. The van der Waals surface area contributed by atoms with Gasteiger partial charge < -0.3 is 10.1 Å². The number of nitrogens with one attached hydrogen (secondary N) is 1. The van der Waals surface area contributed by atoms with Gasteiger partial charge in [0.05, 0.1) is 11.5 Å². The van der Waals surface area contributed by atoms with E-state index in [2.05, 4.69) is 5.32 Å². The highest BCUT2D eigenvalue weighted by Gasteiger charge is 2.18. The van der Waals surface area contributed by atoms with Crippen LogP contribution in [0.3, 0.4) is 0 Å². The van der Waals surface area contributed by atoms with E-state index in [4.69, 9.17) is 4.74 Å². The van der Waals surface area contributed by atoms with Crippen molar-refractivity contribution in [1.82, 2.24) is 5.32 Å². The highest BCUT2D eigenvalue weighted by molar-refractivity contribution is 5.48. The fourth-order valence-electron chi connectivity index (χ4n) is 2.16. The minimum Gasteiger partial charge on any atom is -0.486 e. The molecule has 2 rings (SSSR count). The molecule has 0 spiro atoms. The van der Waals surface area contributed by atoms with E-state index < -0.39 is 4.92 Å². The zero-order chi connectivity index (χ0) is 13.0. The van der Waals surface area contributed by atoms with Gasteiger partial charge in [-0.1, -0.05) is 6.07 Å². The average Bonchev–Trinajstić information content (AvgIpc) is 2.37. The Bertz CT molecular complexity index is 428. The number of hydrogen-bond donors (Lipinski definition) is 1. The first-order valence-corrected chi connectivity index (χ1v) is 6.25. The van der Waals surface area contributed by atoms with Crippen LogP contribution >= 0.6 is 0 Å². The normalized spacial score (nSPS) is 19.5. The van der Waals surface area contributed by atoms with Crippen molar-refractivity contribution < 1.29 is 9.66 Å². The van der Waals surface area contributed by atoms with E-state index in [0.29, 0.717) is 18.3 Å². The largest absolute Gasteiger partial charge is 0.486 e. The van der Waals surface area contributed by atoms with Gasteiger partial charge in [0, 0.05) is 18.5 Å². The summed E-state index contributed by atoms with van der Waals surface area (Å²) in [5.74, 6) is 0.824. The van der Waals surface area contributed by atoms with Crippen LogP contribution in [0.25, 0.3) is 0 Å².